The molecular formula is C7H8BrF3N2. The Balaban J connectivity index is 0.00000144. The van der Waals surface area contributed by atoms with Gasteiger partial charge in [0.05, 0.1) is 5.56 Å². The van der Waals surface area contributed by atoms with E-state index in [-0.39, 0.29) is 17.0 Å². The minimum absolute atomic E-state index is 0. The molecule has 0 unspecified atom stereocenters. The number of nitrogens with one attached hydrogen (secondary N) is 1. The molecule has 0 aliphatic heterocycles. The van der Waals surface area contributed by atoms with Gasteiger partial charge in [-0.15, -0.1) is 17.0 Å². The second-order valence-electron chi connectivity index (χ2n) is 2.22. The van der Waals surface area contributed by atoms with Crippen LogP contribution in [-0.4, -0.2) is 0 Å². The van der Waals surface area contributed by atoms with Crippen molar-refractivity contribution in [3.05, 3.63) is 29.8 Å². The van der Waals surface area contributed by atoms with Gasteiger partial charge in [0.2, 0.25) is 0 Å². The zero-order valence-corrected chi connectivity index (χ0v) is 8.14. The number of nitrogen functional groups attached to an aromatic ring is 1. The van der Waals surface area contributed by atoms with E-state index >= 15 is 0 Å². The summed E-state index contributed by atoms with van der Waals surface area (Å²) in [5.41, 5.74) is 2.01. The molecule has 6 heteroatoms. The predicted molar refractivity (Wildman–Crippen MR) is 49.6 cm³/mol. The highest BCUT2D eigenvalue weighted by Gasteiger charge is 2.29. The lowest BCUT2D eigenvalue weighted by Gasteiger charge is -2.06. The molecule has 0 amide bonds. The summed E-state index contributed by atoms with van der Waals surface area (Å²) in [6, 6.07) is 4.47. The van der Waals surface area contributed by atoms with Crippen molar-refractivity contribution in [2.24, 2.45) is 5.84 Å². The Hall–Kier alpha value is -0.750. The first-order chi connectivity index (χ1) is 5.54. The van der Waals surface area contributed by atoms with Crippen molar-refractivity contribution in [3.63, 3.8) is 0 Å². The first kappa shape index (κ1) is 12.2. The van der Waals surface area contributed by atoms with Crippen LogP contribution in [0.4, 0.5) is 18.9 Å². The maximum absolute atomic E-state index is 12.0. The van der Waals surface area contributed by atoms with Crippen LogP contribution in [0.1, 0.15) is 5.56 Å². The number of nitrogens with two attached hydrogens (primary N) is 1. The van der Waals surface area contributed by atoms with Gasteiger partial charge in [0.1, 0.15) is 0 Å². The van der Waals surface area contributed by atoms with Crippen molar-refractivity contribution in [2.75, 3.05) is 5.43 Å². The Labute approximate surface area is 83.7 Å². The van der Waals surface area contributed by atoms with E-state index in [0.29, 0.717) is 5.69 Å². The van der Waals surface area contributed by atoms with Crippen molar-refractivity contribution in [1.82, 2.24) is 0 Å². The maximum atomic E-state index is 12.0. The molecule has 74 valence electrons. The van der Waals surface area contributed by atoms with Crippen molar-refractivity contribution in [2.45, 2.75) is 6.18 Å². The fourth-order valence-electron chi connectivity index (χ4n) is 0.755. The van der Waals surface area contributed by atoms with Crippen LogP contribution in [0.3, 0.4) is 0 Å². The van der Waals surface area contributed by atoms with Crippen LogP contribution >= 0.6 is 17.0 Å². The summed E-state index contributed by atoms with van der Waals surface area (Å²) < 4.78 is 35.9. The normalized spacial score (nSPS) is 10.5. The van der Waals surface area contributed by atoms with E-state index in [1.165, 1.54) is 12.1 Å². The Kier molecular flexibility index (Phi) is 4.22. The third-order valence-electron chi connectivity index (χ3n) is 1.38. The zero-order valence-electron chi connectivity index (χ0n) is 6.43. The number of alkyl halides is 3. The lowest BCUT2D eigenvalue weighted by molar-refractivity contribution is -0.137. The number of benzene rings is 1. The fraction of sp³-hybridized carbons (Fsp3) is 0.143. The molecule has 0 atom stereocenters. The third-order valence-corrected chi connectivity index (χ3v) is 1.38. The molecular weight excluding hydrogens is 249 g/mol. The molecule has 2 nitrogen and oxygen atoms in total. The molecule has 0 aliphatic carbocycles. The van der Waals surface area contributed by atoms with Crippen LogP contribution in [0.15, 0.2) is 24.3 Å². The van der Waals surface area contributed by atoms with Crippen LogP contribution in [0.25, 0.3) is 0 Å². The van der Waals surface area contributed by atoms with E-state index in [1.807, 2.05) is 0 Å². The minimum Gasteiger partial charge on any atom is -0.324 e. The summed E-state index contributed by atoms with van der Waals surface area (Å²) in [5.74, 6) is 4.98. The summed E-state index contributed by atoms with van der Waals surface area (Å²) in [7, 11) is 0. The van der Waals surface area contributed by atoms with Gasteiger partial charge >= 0.3 is 6.18 Å². The summed E-state index contributed by atoms with van der Waals surface area (Å²) >= 11 is 0. The molecule has 1 aromatic rings. The van der Waals surface area contributed by atoms with Gasteiger partial charge < -0.3 is 5.43 Å². The molecule has 13 heavy (non-hydrogen) atoms. The molecule has 0 fully saturated rings. The average molecular weight is 257 g/mol. The quantitative estimate of drug-likeness (QED) is 0.599. The molecule has 0 heterocycles. The van der Waals surface area contributed by atoms with Gasteiger partial charge in [-0.2, -0.15) is 13.2 Å². The Morgan fingerprint density at radius 3 is 1.85 bits per heavy atom. The second-order valence-corrected chi connectivity index (χ2v) is 2.22. The first-order valence-corrected chi connectivity index (χ1v) is 3.18. The molecule has 0 radical (unpaired) electrons. The molecule has 1 rings (SSSR count). The van der Waals surface area contributed by atoms with Crippen molar-refractivity contribution in [1.29, 1.82) is 0 Å². The van der Waals surface area contributed by atoms with Crippen molar-refractivity contribution in [3.8, 4) is 0 Å². The summed E-state index contributed by atoms with van der Waals surface area (Å²) in [5, 5.41) is 0. The molecule has 0 bridgehead atoms. The van der Waals surface area contributed by atoms with Crippen LogP contribution in [0, 0.1) is 0 Å². The number of rotatable bonds is 1. The van der Waals surface area contributed by atoms with Gasteiger partial charge in [-0.25, -0.2) is 0 Å². The molecule has 0 spiro atoms. The van der Waals surface area contributed by atoms with Gasteiger partial charge in [-0.3, -0.25) is 5.84 Å². The van der Waals surface area contributed by atoms with Gasteiger partial charge in [0.15, 0.2) is 0 Å². The lowest BCUT2D eigenvalue weighted by Crippen LogP contribution is -2.08. The van der Waals surface area contributed by atoms with Crippen LogP contribution in [0.2, 0.25) is 0 Å². The highest BCUT2D eigenvalue weighted by Crippen LogP contribution is 2.29. The molecule has 0 aromatic heterocycles. The SMILES string of the molecule is Br.NNc1ccc(C(F)(F)F)cc1. The second kappa shape index (κ2) is 4.48. The van der Waals surface area contributed by atoms with Gasteiger partial charge in [0.25, 0.3) is 0 Å². The van der Waals surface area contributed by atoms with E-state index in [0.717, 1.165) is 12.1 Å². The van der Waals surface area contributed by atoms with Crippen LogP contribution in [0.5, 0.6) is 0 Å². The fourth-order valence-corrected chi connectivity index (χ4v) is 0.755. The zero-order chi connectivity index (χ0) is 9.19. The van der Waals surface area contributed by atoms with Gasteiger partial charge in [0, 0.05) is 5.69 Å². The summed E-state index contributed by atoms with van der Waals surface area (Å²) in [6.07, 6.45) is -4.28. The third kappa shape index (κ3) is 3.23. The molecule has 0 aliphatic rings. The van der Waals surface area contributed by atoms with E-state index < -0.39 is 11.7 Å². The van der Waals surface area contributed by atoms with Gasteiger partial charge in [-0.1, -0.05) is 0 Å². The topological polar surface area (TPSA) is 38.0 Å². The number of halogens is 4. The van der Waals surface area contributed by atoms with Crippen LogP contribution < -0.4 is 11.3 Å². The number of hydrogen-bond donors (Lipinski definition) is 2. The summed E-state index contributed by atoms with van der Waals surface area (Å²) in [6.45, 7) is 0. The molecule has 0 saturated carbocycles. The standard InChI is InChI=1S/C7H7F3N2.BrH/c8-7(9,10)5-1-3-6(12-11)4-2-5;/h1-4,12H,11H2;1H. The first-order valence-electron chi connectivity index (χ1n) is 3.18. The Morgan fingerprint density at radius 2 is 1.54 bits per heavy atom. The van der Waals surface area contributed by atoms with Crippen molar-refractivity contribution < 1.29 is 13.2 Å². The highest BCUT2D eigenvalue weighted by atomic mass is 79.9. The lowest BCUT2D eigenvalue weighted by atomic mass is 10.2. The molecule has 1 aromatic carbocycles. The largest absolute Gasteiger partial charge is 0.416 e. The smallest absolute Gasteiger partial charge is 0.324 e. The summed E-state index contributed by atoms with van der Waals surface area (Å²) in [4.78, 5) is 0. The Bertz CT molecular complexity index is 257. The molecule has 3 N–H and O–H groups in total. The number of anilines is 1. The predicted octanol–water partition coefficient (Wildman–Crippen LogP) is 2.57. The van der Waals surface area contributed by atoms with E-state index in [1.54, 1.807) is 0 Å². The minimum atomic E-state index is -4.28. The van der Waals surface area contributed by atoms with E-state index in [9.17, 15) is 13.2 Å². The highest BCUT2D eigenvalue weighted by molar-refractivity contribution is 8.93. The molecule has 0 saturated heterocycles. The average Bonchev–Trinajstić information content (AvgIpc) is 2.03. The number of hydrazine groups is 1. The number of hydrogen-bond acceptors (Lipinski definition) is 2. The van der Waals surface area contributed by atoms with E-state index in [4.69, 9.17) is 5.84 Å². The monoisotopic (exact) mass is 256 g/mol. The maximum Gasteiger partial charge on any atom is 0.416 e. The van der Waals surface area contributed by atoms with Crippen molar-refractivity contribution >= 4 is 22.7 Å². The van der Waals surface area contributed by atoms with Crippen LogP contribution in [-0.2, 0) is 6.18 Å². The van der Waals surface area contributed by atoms with E-state index in [2.05, 4.69) is 5.43 Å². The Morgan fingerprint density at radius 1 is 1.08 bits per heavy atom. The van der Waals surface area contributed by atoms with Gasteiger partial charge in [-0.05, 0) is 24.3 Å².